The molecule has 9 heteroatoms. The lowest BCUT2D eigenvalue weighted by Gasteiger charge is -2.06. The molecule has 0 aliphatic heterocycles. The molecule has 2 aromatic heterocycles. The van der Waals surface area contributed by atoms with E-state index in [9.17, 15) is 14.4 Å². The van der Waals surface area contributed by atoms with E-state index in [1.165, 1.54) is 6.20 Å². The van der Waals surface area contributed by atoms with Gasteiger partial charge < -0.3 is 10.1 Å². The first-order chi connectivity index (χ1) is 11.4. The summed E-state index contributed by atoms with van der Waals surface area (Å²) in [6, 6.07) is 0.991. The Kier molecular flexibility index (Phi) is 5.46. The third kappa shape index (κ3) is 4.06. The minimum absolute atomic E-state index is 0.210. The topological polar surface area (TPSA) is 115 Å². The molecule has 2 N–H and O–H groups in total. The molecule has 0 saturated heterocycles. The molecule has 0 aliphatic carbocycles. The van der Waals surface area contributed by atoms with Gasteiger partial charge in [-0.25, -0.2) is 14.6 Å². The van der Waals surface area contributed by atoms with Gasteiger partial charge in [-0.05, 0) is 19.4 Å². The number of aromatic nitrogens is 3. The highest BCUT2D eigenvalue weighted by Crippen LogP contribution is 2.16. The number of nitrogens with one attached hydrogen (secondary N) is 2. The van der Waals surface area contributed by atoms with Crippen LogP contribution in [-0.2, 0) is 16.6 Å². The molecule has 128 valence electrons. The van der Waals surface area contributed by atoms with Gasteiger partial charge in [-0.2, -0.15) is 5.10 Å². The molecule has 3 amide bonds. The van der Waals surface area contributed by atoms with Gasteiger partial charge in [0.1, 0.15) is 0 Å². The smallest absolute Gasteiger partial charge is 0.340 e. The highest BCUT2D eigenvalue weighted by atomic mass is 16.5. The lowest BCUT2D eigenvalue weighted by molar-refractivity contribution is -0.123. The van der Waals surface area contributed by atoms with Crippen LogP contribution in [0.4, 0.5) is 4.79 Å². The third-order valence-corrected chi connectivity index (χ3v) is 3.22. The van der Waals surface area contributed by atoms with E-state index in [2.05, 4.69) is 20.7 Å². The van der Waals surface area contributed by atoms with Crippen LogP contribution >= 0.6 is 0 Å². The van der Waals surface area contributed by atoms with Gasteiger partial charge in [0.25, 0.3) is 5.91 Å². The number of nitrogens with zero attached hydrogens (tertiary/aromatic N) is 3. The number of ether oxygens (including phenoxy) is 1. The van der Waals surface area contributed by atoms with Crippen molar-refractivity contribution in [2.45, 2.75) is 20.3 Å². The summed E-state index contributed by atoms with van der Waals surface area (Å²) in [4.78, 5) is 39.0. The number of urea groups is 1. The Morgan fingerprint density at radius 3 is 2.79 bits per heavy atom. The number of fused-ring (bicyclic) bond motifs is 1. The fraction of sp³-hybridized carbons (Fsp3) is 0.400. The second-order valence-corrected chi connectivity index (χ2v) is 5.18. The Bertz CT molecular complexity index is 784. The summed E-state index contributed by atoms with van der Waals surface area (Å²) in [7, 11) is 1.76. The van der Waals surface area contributed by atoms with Crippen molar-refractivity contribution >= 4 is 28.9 Å². The van der Waals surface area contributed by atoms with Gasteiger partial charge in [0.15, 0.2) is 12.3 Å². The van der Waals surface area contributed by atoms with E-state index in [0.29, 0.717) is 12.2 Å². The molecule has 0 saturated carbocycles. The molecule has 2 aromatic rings. The maximum Gasteiger partial charge on any atom is 0.340 e. The third-order valence-electron chi connectivity index (χ3n) is 3.22. The van der Waals surface area contributed by atoms with Gasteiger partial charge in [-0.15, -0.1) is 0 Å². The van der Waals surface area contributed by atoms with Crippen molar-refractivity contribution in [3.63, 3.8) is 0 Å². The first-order valence-corrected chi connectivity index (χ1v) is 7.46. The van der Waals surface area contributed by atoms with Gasteiger partial charge in [-0.1, -0.05) is 6.92 Å². The summed E-state index contributed by atoms with van der Waals surface area (Å²) in [5.41, 5.74) is 1.59. The molecule has 0 aromatic carbocycles. The van der Waals surface area contributed by atoms with Gasteiger partial charge in [0, 0.05) is 25.2 Å². The molecule has 0 aliphatic rings. The number of hydrogen-bond donors (Lipinski definition) is 2. The average molecular weight is 333 g/mol. The van der Waals surface area contributed by atoms with Gasteiger partial charge in [0.05, 0.1) is 11.3 Å². The second kappa shape index (κ2) is 7.53. The molecule has 2 rings (SSSR count). The number of amides is 3. The molecule has 0 unspecified atom stereocenters. The van der Waals surface area contributed by atoms with Crippen molar-refractivity contribution < 1.29 is 19.1 Å². The van der Waals surface area contributed by atoms with Crippen molar-refractivity contribution in [2.24, 2.45) is 7.05 Å². The second-order valence-electron chi connectivity index (χ2n) is 5.18. The maximum absolute atomic E-state index is 12.0. The largest absolute Gasteiger partial charge is 0.452 e. The fourth-order valence-electron chi connectivity index (χ4n) is 2.08. The zero-order chi connectivity index (χ0) is 17.7. The number of hydrogen-bond acceptors (Lipinski definition) is 6. The average Bonchev–Trinajstić information content (AvgIpc) is 2.84. The van der Waals surface area contributed by atoms with E-state index in [0.717, 1.165) is 17.5 Å². The zero-order valence-electron chi connectivity index (χ0n) is 13.8. The molecule has 0 atom stereocenters. The number of esters is 1. The summed E-state index contributed by atoms with van der Waals surface area (Å²) < 4.78 is 6.51. The Morgan fingerprint density at radius 1 is 1.33 bits per heavy atom. The van der Waals surface area contributed by atoms with Crippen molar-refractivity contribution in [3.05, 3.63) is 23.5 Å². The predicted molar refractivity (Wildman–Crippen MR) is 85.4 cm³/mol. The number of imide groups is 1. The number of aryl methyl sites for hydroxylation is 2. The fourth-order valence-corrected chi connectivity index (χ4v) is 2.08. The highest BCUT2D eigenvalue weighted by Gasteiger charge is 2.15. The Morgan fingerprint density at radius 2 is 2.08 bits per heavy atom. The normalized spacial score (nSPS) is 10.5. The first-order valence-electron chi connectivity index (χ1n) is 7.46. The highest BCUT2D eigenvalue weighted by molar-refractivity contribution is 5.98. The quantitative estimate of drug-likeness (QED) is 0.777. The molecule has 9 nitrogen and oxygen atoms in total. The Hall–Kier alpha value is -2.97. The zero-order valence-corrected chi connectivity index (χ0v) is 13.8. The van der Waals surface area contributed by atoms with E-state index in [-0.39, 0.29) is 5.56 Å². The maximum atomic E-state index is 12.0. The van der Waals surface area contributed by atoms with Gasteiger partial charge in [0.2, 0.25) is 0 Å². The van der Waals surface area contributed by atoms with E-state index in [1.54, 1.807) is 17.8 Å². The lowest BCUT2D eigenvalue weighted by Crippen LogP contribution is -2.41. The van der Waals surface area contributed by atoms with Crippen LogP contribution in [-0.4, -0.2) is 45.8 Å². The van der Waals surface area contributed by atoms with Crippen LogP contribution in [0.25, 0.3) is 11.0 Å². The van der Waals surface area contributed by atoms with E-state index < -0.39 is 24.5 Å². The van der Waals surface area contributed by atoms with E-state index in [1.807, 2.05) is 13.8 Å². The minimum atomic E-state index is -0.705. The summed E-state index contributed by atoms with van der Waals surface area (Å²) in [6.07, 6.45) is 2.11. The van der Waals surface area contributed by atoms with Crippen molar-refractivity contribution in [3.8, 4) is 0 Å². The number of rotatable bonds is 5. The Balaban J connectivity index is 1.94. The van der Waals surface area contributed by atoms with Crippen LogP contribution in [0.1, 0.15) is 29.4 Å². The van der Waals surface area contributed by atoms with E-state index in [4.69, 9.17) is 4.74 Å². The molecule has 2 heterocycles. The lowest BCUT2D eigenvalue weighted by atomic mass is 10.2. The van der Waals surface area contributed by atoms with Crippen LogP contribution in [0.5, 0.6) is 0 Å². The van der Waals surface area contributed by atoms with Crippen LogP contribution in [0.3, 0.4) is 0 Å². The summed E-state index contributed by atoms with van der Waals surface area (Å²) in [5, 5.41) is 9.50. The van der Waals surface area contributed by atoms with Crippen molar-refractivity contribution in [2.75, 3.05) is 13.2 Å². The molecular formula is C15H19N5O4. The predicted octanol–water partition coefficient (Wildman–Crippen LogP) is 0.669. The Labute approximate surface area is 138 Å². The summed E-state index contributed by atoms with van der Waals surface area (Å²) in [6.45, 7) is 3.59. The van der Waals surface area contributed by atoms with Crippen LogP contribution in [0, 0.1) is 6.92 Å². The standard InChI is InChI=1S/C15H19N5O4/c1-4-5-16-15(23)18-12(21)8-24-14(22)10-6-11-9(2)19-20(3)13(11)17-7-10/h6-7H,4-5,8H2,1-3H3,(H2,16,18,21,23). The SMILES string of the molecule is CCCNC(=O)NC(=O)COC(=O)c1cnc2c(c1)c(C)nn2C. The first kappa shape index (κ1) is 17.4. The van der Waals surface area contributed by atoms with Crippen LogP contribution < -0.4 is 10.6 Å². The van der Waals surface area contributed by atoms with Gasteiger partial charge in [-0.3, -0.25) is 14.8 Å². The van der Waals surface area contributed by atoms with Gasteiger partial charge >= 0.3 is 12.0 Å². The summed E-state index contributed by atoms with van der Waals surface area (Å²) >= 11 is 0. The molecule has 0 bridgehead atoms. The number of pyridine rings is 1. The van der Waals surface area contributed by atoms with E-state index >= 15 is 0 Å². The van der Waals surface area contributed by atoms with Crippen LogP contribution in [0.2, 0.25) is 0 Å². The molecular weight excluding hydrogens is 314 g/mol. The number of carbonyl (C=O) groups excluding carboxylic acids is 3. The molecule has 0 spiro atoms. The minimum Gasteiger partial charge on any atom is -0.452 e. The molecule has 0 radical (unpaired) electrons. The summed E-state index contributed by atoms with van der Waals surface area (Å²) in [5.74, 6) is -1.40. The molecule has 24 heavy (non-hydrogen) atoms. The monoisotopic (exact) mass is 333 g/mol. The van der Waals surface area contributed by atoms with Crippen molar-refractivity contribution in [1.82, 2.24) is 25.4 Å². The van der Waals surface area contributed by atoms with Crippen molar-refractivity contribution in [1.29, 1.82) is 0 Å². The number of carbonyl (C=O) groups is 3. The molecule has 0 fully saturated rings. The van der Waals surface area contributed by atoms with Crippen LogP contribution in [0.15, 0.2) is 12.3 Å².